The Morgan fingerprint density at radius 3 is 2.58 bits per heavy atom. The van der Waals surface area contributed by atoms with Crippen molar-refractivity contribution in [2.24, 2.45) is 5.92 Å². The van der Waals surface area contributed by atoms with Gasteiger partial charge in [0.25, 0.3) is 5.91 Å². The van der Waals surface area contributed by atoms with Crippen LogP contribution >= 0.6 is 0 Å². The molecule has 19 heavy (non-hydrogen) atoms. The molecule has 1 aliphatic rings. The topological polar surface area (TPSA) is 40.5 Å². The fourth-order valence-electron chi connectivity index (χ4n) is 2.12. The van der Waals surface area contributed by atoms with E-state index in [0.717, 1.165) is 5.56 Å². The molecule has 0 saturated heterocycles. The van der Waals surface area contributed by atoms with Crippen LogP contribution in [0, 0.1) is 17.8 Å². The molecule has 0 spiro atoms. The van der Waals surface area contributed by atoms with Crippen LogP contribution in [0.3, 0.4) is 0 Å². The van der Waals surface area contributed by atoms with Crippen LogP contribution in [0.4, 0.5) is 0 Å². The molecule has 1 aromatic carbocycles. The van der Waals surface area contributed by atoms with Gasteiger partial charge in [-0.15, -0.1) is 0 Å². The first-order chi connectivity index (χ1) is 9.13. The summed E-state index contributed by atoms with van der Waals surface area (Å²) >= 11 is 0. The molecule has 3 nitrogen and oxygen atoms in total. The normalized spacial score (nSPS) is 15.3. The molecule has 1 aliphatic carbocycles. The standard InChI is InChI=1S/C16H19NO2/c1-12(14-9-10-14)17(2)16(19)15-7-5-13(6-8-15)4-3-11-18/h5-8,12,14,18H,9-11H2,1-2H3. The van der Waals surface area contributed by atoms with Crippen LogP contribution in [0.5, 0.6) is 0 Å². The Morgan fingerprint density at radius 2 is 2.05 bits per heavy atom. The second-order valence-electron chi connectivity index (χ2n) is 5.03. The van der Waals surface area contributed by atoms with E-state index < -0.39 is 0 Å². The van der Waals surface area contributed by atoms with Crippen molar-refractivity contribution in [1.29, 1.82) is 0 Å². The van der Waals surface area contributed by atoms with E-state index in [-0.39, 0.29) is 12.5 Å². The lowest BCUT2D eigenvalue weighted by atomic mass is 10.1. The second kappa shape index (κ2) is 5.90. The summed E-state index contributed by atoms with van der Waals surface area (Å²) < 4.78 is 0. The predicted molar refractivity (Wildman–Crippen MR) is 74.7 cm³/mol. The van der Waals surface area contributed by atoms with Gasteiger partial charge in [-0.05, 0) is 49.9 Å². The van der Waals surface area contributed by atoms with E-state index in [0.29, 0.717) is 17.5 Å². The third-order valence-corrected chi connectivity index (χ3v) is 3.68. The summed E-state index contributed by atoms with van der Waals surface area (Å²) in [6, 6.07) is 7.51. The molecule has 1 amide bonds. The molecule has 1 atom stereocenters. The van der Waals surface area contributed by atoms with Gasteiger partial charge in [0.15, 0.2) is 0 Å². The van der Waals surface area contributed by atoms with Crippen molar-refractivity contribution in [3.63, 3.8) is 0 Å². The number of aliphatic hydroxyl groups excluding tert-OH is 1. The molecular weight excluding hydrogens is 238 g/mol. The highest BCUT2D eigenvalue weighted by atomic mass is 16.2. The summed E-state index contributed by atoms with van der Waals surface area (Å²) in [5.74, 6) is 6.13. The minimum atomic E-state index is -0.150. The van der Waals surface area contributed by atoms with Crippen LogP contribution in [0.15, 0.2) is 24.3 Å². The molecule has 1 fully saturated rings. The van der Waals surface area contributed by atoms with Gasteiger partial charge in [-0.3, -0.25) is 4.79 Å². The van der Waals surface area contributed by atoms with Crippen LogP contribution in [0.2, 0.25) is 0 Å². The zero-order chi connectivity index (χ0) is 13.8. The lowest BCUT2D eigenvalue weighted by Crippen LogP contribution is -2.36. The molecule has 3 heteroatoms. The minimum absolute atomic E-state index is 0.0565. The predicted octanol–water partition coefficient (Wildman–Crippen LogP) is 1.90. The zero-order valence-electron chi connectivity index (χ0n) is 11.4. The second-order valence-corrected chi connectivity index (χ2v) is 5.03. The number of amides is 1. The Labute approximate surface area is 114 Å². The number of aliphatic hydroxyl groups is 1. The first-order valence-corrected chi connectivity index (χ1v) is 6.60. The third kappa shape index (κ3) is 3.36. The maximum atomic E-state index is 12.3. The fourth-order valence-corrected chi connectivity index (χ4v) is 2.12. The van der Waals surface area contributed by atoms with Crippen molar-refractivity contribution in [2.45, 2.75) is 25.8 Å². The van der Waals surface area contributed by atoms with Crippen molar-refractivity contribution in [1.82, 2.24) is 4.90 Å². The van der Waals surface area contributed by atoms with E-state index in [2.05, 4.69) is 18.8 Å². The number of carbonyl (C=O) groups is 1. The summed E-state index contributed by atoms with van der Waals surface area (Å²) in [7, 11) is 1.87. The lowest BCUT2D eigenvalue weighted by Gasteiger charge is -2.24. The van der Waals surface area contributed by atoms with Crippen LogP contribution < -0.4 is 0 Å². The molecule has 1 unspecified atom stereocenters. The van der Waals surface area contributed by atoms with Gasteiger partial charge in [0, 0.05) is 24.2 Å². The summed E-state index contributed by atoms with van der Waals surface area (Å²) in [5.41, 5.74) is 1.49. The van der Waals surface area contributed by atoms with Crippen molar-refractivity contribution >= 4 is 5.91 Å². The van der Waals surface area contributed by atoms with Crippen molar-refractivity contribution in [3.05, 3.63) is 35.4 Å². The molecule has 1 N–H and O–H groups in total. The van der Waals surface area contributed by atoms with Crippen LogP contribution in [0.25, 0.3) is 0 Å². The average Bonchev–Trinajstić information content (AvgIpc) is 3.28. The summed E-state index contributed by atoms with van der Waals surface area (Å²) in [6.45, 7) is 1.96. The number of benzene rings is 1. The number of rotatable bonds is 3. The van der Waals surface area contributed by atoms with E-state index in [9.17, 15) is 4.79 Å². The molecule has 2 rings (SSSR count). The van der Waals surface area contributed by atoms with Crippen molar-refractivity contribution < 1.29 is 9.90 Å². The van der Waals surface area contributed by atoms with Gasteiger partial charge in [-0.2, -0.15) is 0 Å². The summed E-state index contributed by atoms with van der Waals surface area (Å²) in [5, 5.41) is 8.63. The van der Waals surface area contributed by atoms with Gasteiger partial charge in [-0.1, -0.05) is 11.8 Å². The molecular formula is C16H19NO2. The maximum Gasteiger partial charge on any atom is 0.253 e. The van der Waals surface area contributed by atoms with E-state index in [1.807, 2.05) is 24.1 Å². The molecule has 1 saturated carbocycles. The van der Waals surface area contributed by atoms with Gasteiger partial charge >= 0.3 is 0 Å². The molecule has 0 bridgehead atoms. The van der Waals surface area contributed by atoms with Crippen LogP contribution in [-0.4, -0.2) is 35.6 Å². The molecule has 100 valence electrons. The van der Waals surface area contributed by atoms with Gasteiger partial charge in [0.2, 0.25) is 0 Å². The Kier molecular flexibility index (Phi) is 4.24. The van der Waals surface area contributed by atoms with E-state index in [1.54, 1.807) is 12.1 Å². The molecule has 0 radical (unpaired) electrons. The van der Waals surface area contributed by atoms with Crippen molar-refractivity contribution in [2.75, 3.05) is 13.7 Å². The summed E-state index contributed by atoms with van der Waals surface area (Å²) in [4.78, 5) is 14.1. The Hall–Kier alpha value is -1.79. The monoisotopic (exact) mass is 257 g/mol. The molecule has 1 aromatic rings. The van der Waals surface area contributed by atoms with Crippen LogP contribution in [0.1, 0.15) is 35.7 Å². The minimum Gasteiger partial charge on any atom is -0.384 e. The Bertz CT molecular complexity index is 506. The largest absolute Gasteiger partial charge is 0.384 e. The Balaban J connectivity index is 2.06. The first kappa shape index (κ1) is 13.6. The number of hydrogen-bond donors (Lipinski definition) is 1. The molecule has 0 aliphatic heterocycles. The number of carbonyl (C=O) groups excluding carboxylic acids is 1. The average molecular weight is 257 g/mol. The fraction of sp³-hybridized carbons (Fsp3) is 0.438. The maximum absolute atomic E-state index is 12.3. The van der Waals surface area contributed by atoms with Crippen LogP contribution in [-0.2, 0) is 0 Å². The number of hydrogen-bond acceptors (Lipinski definition) is 2. The van der Waals surface area contributed by atoms with E-state index >= 15 is 0 Å². The van der Waals surface area contributed by atoms with E-state index in [4.69, 9.17) is 5.11 Å². The highest BCUT2D eigenvalue weighted by molar-refractivity contribution is 5.94. The van der Waals surface area contributed by atoms with Crippen molar-refractivity contribution in [3.8, 4) is 11.8 Å². The lowest BCUT2D eigenvalue weighted by molar-refractivity contribution is 0.0727. The van der Waals surface area contributed by atoms with Gasteiger partial charge < -0.3 is 10.0 Å². The smallest absolute Gasteiger partial charge is 0.253 e. The highest BCUT2D eigenvalue weighted by Gasteiger charge is 2.32. The van der Waals surface area contributed by atoms with Gasteiger partial charge in [-0.25, -0.2) is 0 Å². The zero-order valence-corrected chi connectivity index (χ0v) is 11.4. The van der Waals surface area contributed by atoms with Gasteiger partial charge in [0.05, 0.1) is 0 Å². The summed E-state index contributed by atoms with van der Waals surface area (Å²) in [6.07, 6.45) is 2.46. The third-order valence-electron chi connectivity index (χ3n) is 3.68. The Morgan fingerprint density at radius 1 is 1.42 bits per heavy atom. The van der Waals surface area contributed by atoms with E-state index in [1.165, 1.54) is 12.8 Å². The molecule has 0 aromatic heterocycles. The SMILES string of the molecule is CC(C1CC1)N(C)C(=O)c1ccc(C#CCO)cc1. The first-order valence-electron chi connectivity index (χ1n) is 6.60. The van der Waals surface area contributed by atoms with Gasteiger partial charge in [0.1, 0.15) is 6.61 Å². The molecule has 0 heterocycles. The quantitative estimate of drug-likeness (QED) is 0.840. The number of nitrogens with zero attached hydrogens (tertiary/aromatic N) is 1. The highest BCUT2D eigenvalue weighted by Crippen LogP contribution is 2.35.